The molecule has 0 aromatic carbocycles. The molecule has 1 atom stereocenters. The standard InChI is InChI=1S/C11H19N3O3/c1-7(4-5-15)6-12-10-9(11(16)17)8(2)13-14(10)3/h7,12,15H,4-6H2,1-3H3,(H,16,17). The number of aromatic nitrogens is 2. The Morgan fingerprint density at radius 2 is 2.24 bits per heavy atom. The molecule has 1 heterocycles. The fraction of sp³-hybridized carbons (Fsp3) is 0.636. The van der Waals surface area contributed by atoms with Crippen LogP contribution >= 0.6 is 0 Å². The minimum Gasteiger partial charge on any atom is -0.477 e. The molecule has 0 aliphatic rings. The Morgan fingerprint density at radius 1 is 1.59 bits per heavy atom. The fourth-order valence-electron chi connectivity index (χ4n) is 1.71. The van der Waals surface area contributed by atoms with Crippen LogP contribution in [0.3, 0.4) is 0 Å². The van der Waals surface area contributed by atoms with Crippen LogP contribution in [0.4, 0.5) is 5.82 Å². The van der Waals surface area contributed by atoms with Gasteiger partial charge >= 0.3 is 5.97 Å². The maximum Gasteiger partial charge on any atom is 0.341 e. The van der Waals surface area contributed by atoms with E-state index >= 15 is 0 Å². The van der Waals surface area contributed by atoms with Gasteiger partial charge in [0.15, 0.2) is 0 Å². The molecule has 1 rings (SSSR count). The molecule has 0 aliphatic carbocycles. The molecule has 17 heavy (non-hydrogen) atoms. The van der Waals surface area contributed by atoms with Crippen LogP contribution in [0.1, 0.15) is 29.4 Å². The lowest BCUT2D eigenvalue weighted by Crippen LogP contribution is -2.16. The van der Waals surface area contributed by atoms with Crippen molar-refractivity contribution in [2.24, 2.45) is 13.0 Å². The van der Waals surface area contributed by atoms with Crippen LogP contribution in [0.25, 0.3) is 0 Å². The summed E-state index contributed by atoms with van der Waals surface area (Å²) in [4.78, 5) is 11.1. The Bertz CT molecular complexity index is 401. The zero-order valence-electron chi connectivity index (χ0n) is 10.4. The quantitative estimate of drug-likeness (QED) is 0.687. The second-order valence-corrected chi connectivity index (χ2v) is 4.24. The predicted molar refractivity (Wildman–Crippen MR) is 64.3 cm³/mol. The summed E-state index contributed by atoms with van der Waals surface area (Å²) in [5.41, 5.74) is 0.709. The van der Waals surface area contributed by atoms with E-state index in [-0.39, 0.29) is 18.1 Å². The first-order valence-corrected chi connectivity index (χ1v) is 5.59. The van der Waals surface area contributed by atoms with Gasteiger partial charge in [-0.25, -0.2) is 4.79 Å². The van der Waals surface area contributed by atoms with Crippen LogP contribution in [0.5, 0.6) is 0 Å². The highest BCUT2D eigenvalue weighted by Crippen LogP contribution is 2.19. The number of rotatable bonds is 6. The monoisotopic (exact) mass is 241 g/mol. The van der Waals surface area contributed by atoms with E-state index in [4.69, 9.17) is 10.2 Å². The summed E-state index contributed by atoms with van der Waals surface area (Å²) in [5.74, 6) is -0.190. The molecule has 0 fully saturated rings. The van der Waals surface area contributed by atoms with E-state index in [1.165, 1.54) is 4.68 Å². The molecule has 0 spiro atoms. The van der Waals surface area contributed by atoms with E-state index in [1.54, 1.807) is 14.0 Å². The summed E-state index contributed by atoms with van der Waals surface area (Å²) in [7, 11) is 1.71. The molecule has 0 saturated carbocycles. The summed E-state index contributed by atoms with van der Waals surface area (Å²) in [6.45, 7) is 4.41. The summed E-state index contributed by atoms with van der Waals surface area (Å²) in [6, 6.07) is 0. The largest absolute Gasteiger partial charge is 0.477 e. The number of aliphatic hydroxyl groups is 1. The van der Waals surface area contributed by atoms with E-state index in [1.807, 2.05) is 6.92 Å². The lowest BCUT2D eigenvalue weighted by molar-refractivity contribution is 0.0697. The molecular weight excluding hydrogens is 222 g/mol. The third kappa shape index (κ3) is 3.20. The van der Waals surface area contributed by atoms with Crippen molar-refractivity contribution in [3.8, 4) is 0 Å². The third-order valence-electron chi connectivity index (χ3n) is 2.68. The maximum atomic E-state index is 11.1. The zero-order valence-corrected chi connectivity index (χ0v) is 10.4. The molecule has 0 radical (unpaired) electrons. The molecule has 1 aromatic rings. The maximum absolute atomic E-state index is 11.1. The van der Waals surface area contributed by atoms with Gasteiger partial charge in [0.05, 0.1) is 5.69 Å². The average Bonchev–Trinajstić information content (AvgIpc) is 2.50. The van der Waals surface area contributed by atoms with Crippen molar-refractivity contribution < 1.29 is 15.0 Å². The van der Waals surface area contributed by atoms with Crippen molar-refractivity contribution in [1.29, 1.82) is 0 Å². The third-order valence-corrected chi connectivity index (χ3v) is 2.68. The van der Waals surface area contributed by atoms with Gasteiger partial charge in [0.1, 0.15) is 11.4 Å². The Balaban J connectivity index is 2.80. The molecule has 1 unspecified atom stereocenters. The van der Waals surface area contributed by atoms with Gasteiger partial charge in [-0.05, 0) is 19.3 Å². The second-order valence-electron chi connectivity index (χ2n) is 4.24. The molecule has 6 nitrogen and oxygen atoms in total. The number of aryl methyl sites for hydroxylation is 2. The predicted octanol–water partition coefficient (Wildman–Crippen LogP) is 0.857. The molecule has 1 aromatic heterocycles. The molecule has 0 saturated heterocycles. The molecule has 0 aliphatic heterocycles. The van der Waals surface area contributed by atoms with Gasteiger partial charge in [-0.3, -0.25) is 4.68 Å². The van der Waals surface area contributed by atoms with Crippen LogP contribution in [0.15, 0.2) is 0 Å². The van der Waals surface area contributed by atoms with Gasteiger partial charge in [-0.2, -0.15) is 5.10 Å². The first-order valence-electron chi connectivity index (χ1n) is 5.59. The zero-order chi connectivity index (χ0) is 13.0. The second kappa shape index (κ2) is 5.67. The van der Waals surface area contributed by atoms with Crippen LogP contribution < -0.4 is 5.32 Å². The Hall–Kier alpha value is -1.56. The molecule has 0 bridgehead atoms. The Labute approximate surface area is 100 Å². The van der Waals surface area contributed by atoms with E-state index in [9.17, 15) is 4.79 Å². The number of aliphatic hydroxyl groups excluding tert-OH is 1. The van der Waals surface area contributed by atoms with Crippen LogP contribution in [-0.2, 0) is 7.05 Å². The smallest absolute Gasteiger partial charge is 0.341 e. The molecule has 96 valence electrons. The number of nitrogens with one attached hydrogen (secondary N) is 1. The first kappa shape index (κ1) is 13.5. The number of hydrogen-bond acceptors (Lipinski definition) is 4. The Kier molecular flexibility index (Phi) is 4.51. The van der Waals surface area contributed by atoms with Gasteiger partial charge in [0.2, 0.25) is 0 Å². The SMILES string of the molecule is Cc1nn(C)c(NCC(C)CCO)c1C(=O)O. The summed E-state index contributed by atoms with van der Waals surface area (Å²) < 4.78 is 1.53. The fourth-order valence-corrected chi connectivity index (χ4v) is 1.71. The number of nitrogens with zero attached hydrogens (tertiary/aromatic N) is 2. The summed E-state index contributed by atoms with van der Waals surface area (Å²) in [6.07, 6.45) is 0.687. The molecule has 0 amide bonds. The Morgan fingerprint density at radius 3 is 2.76 bits per heavy atom. The first-order chi connectivity index (χ1) is 7.97. The topological polar surface area (TPSA) is 87.4 Å². The van der Waals surface area contributed by atoms with Gasteiger partial charge in [-0.15, -0.1) is 0 Å². The number of hydrogen-bond donors (Lipinski definition) is 3. The highest BCUT2D eigenvalue weighted by atomic mass is 16.4. The van der Waals surface area contributed by atoms with E-state index in [2.05, 4.69) is 10.4 Å². The number of carbonyl (C=O) groups is 1. The minimum absolute atomic E-state index is 0.138. The minimum atomic E-state index is -0.979. The molecule has 3 N–H and O–H groups in total. The van der Waals surface area contributed by atoms with Crippen molar-refractivity contribution in [3.05, 3.63) is 11.3 Å². The number of aromatic carboxylic acids is 1. The van der Waals surface area contributed by atoms with Crippen molar-refractivity contribution in [2.75, 3.05) is 18.5 Å². The lowest BCUT2D eigenvalue weighted by Gasteiger charge is -2.13. The van der Waals surface area contributed by atoms with Crippen LogP contribution in [-0.4, -0.2) is 39.1 Å². The molecular formula is C11H19N3O3. The van der Waals surface area contributed by atoms with Crippen molar-refractivity contribution in [2.45, 2.75) is 20.3 Å². The van der Waals surface area contributed by atoms with Gasteiger partial charge in [0.25, 0.3) is 0 Å². The van der Waals surface area contributed by atoms with Crippen molar-refractivity contribution in [3.63, 3.8) is 0 Å². The average molecular weight is 241 g/mol. The highest BCUT2D eigenvalue weighted by molar-refractivity contribution is 5.94. The van der Waals surface area contributed by atoms with Gasteiger partial charge < -0.3 is 15.5 Å². The lowest BCUT2D eigenvalue weighted by atomic mass is 10.1. The van der Waals surface area contributed by atoms with Crippen LogP contribution in [0.2, 0.25) is 0 Å². The molecule has 6 heteroatoms. The van der Waals surface area contributed by atoms with Gasteiger partial charge in [0, 0.05) is 20.2 Å². The van der Waals surface area contributed by atoms with Crippen molar-refractivity contribution >= 4 is 11.8 Å². The van der Waals surface area contributed by atoms with E-state index in [0.29, 0.717) is 24.5 Å². The number of carboxylic acid groups (broad SMARTS) is 1. The summed E-state index contributed by atoms with van der Waals surface area (Å²) in [5, 5.41) is 25.0. The number of carboxylic acids is 1. The van der Waals surface area contributed by atoms with Crippen LogP contribution in [0, 0.1) is 12.8 Å². The van der Waals surface area contributed by atoms with Crippen molar-refractivity contribution in [1.82, 2.24) is 9.78 Å². The summed E-state index contributed by atoms with van der Waals surface area (Å²) >= 11 is 0. The van der Waals surface area contributed by atoms with E-state index in [0.717, 1.165) is 0 Å². The van der Waals surface area contributed by atoms with E-state index < -0.39 is 5.97 Å². The highest BCUT2D eigenvalue weighted by Gasteiger charge is 2.19. The van der Waals surface area contributed by atoms with Gasteiger partial charge in [-0.1, -0.05) is 6.92 Å². The number of anilines is 1. The normalized spacial score (nSPS) is 12.5.